The summed E-state index contributed by atoms with van der Waals surface area (Å²) in [4.78, 5) is 13.2. The van der Waals surface area contributed by atoms with E-state index in [1.807, 2.05) is 29.0 Å². The van der Waals surface area contributed by atoms with Gasteiger partial charge in [0.25, 0.3) is 10.9 Å². The van der Waals surface area contributed by atoms with Crippen LogP contribution in [0.25, 0.3) is 0 Å². The average Bonchev–Trinajstić information content (AvgIpc) is 3.57. The maximum Gasteiger partial charge on any atom is 0.282 e. The molecule has 0 aliphatic carbocycles. The van der Waals surface area contributed by atoms with Gasteiger partial charge in [-0.2, -0.15) is 0 Å². The van der Waals surface area contributed by atoms with Gasteiger partial charge >= 0.3 is 0 Å². The van der Waals surface area contributed by atoms with Crippen LogP contribution in [0, 0.1) is 0 Å². The van der Waals surface area contributed by atoms with Gasteiger partial charge in [-0.25, -0.2) is 0 Å². The molecule has 2 aliphatic heterocycles. The average molecular weight is 513 g/mol. The number of benzene rings is 2. The van der Waals surface area contributed by atoms with E-state index in [9.17, 15) is 15.0 Å². The summed E-state index contributed by atoms with van der Waals surface area (Å²) in [5.74, 6) is 0.258. The van der Waals surface area contributed by atoms with Crippen LogP contribution in [0.1, 0.15) is 22.3 Å². The first-order valence-corrected chi connectivity index (χ1v) is 13.1. The van der Waals surface area contributed by atoms with Crippen LogP contribution in [0.4, 0.5) is 0 Å². The predicted molar refractivity (Wildman–Crippen MR) is 135 cm³/mol. The number of ketones is 1. The highest BCUT2D eigenvalue weighted by Gasteiger charge is 2.37. The van der Waals surface area contributed by atoms with E-state index in [4.69, 9.17) is 14.2 Å². The first kappa shape index (κ1) is 22.9. The molecule has 2 N–H and O–H groups in total. The molecule has 5 rings (SSSR count). The van der Waals surface area contributed by atoms with Gasteiger partial charge in [-0.15, -0.1) is 23.1 Å². The molecule has 0 amide bonds. The second-order valence-corrected chi connectivity index (χ2v) is 10.6. The monoisotopic (exact) mass is 512 g/mol. The zero-order valence-corrected chi connectivity index (χ0v) is 20.2. The summed E-state index contributed by atoms with van der Waals surface area (Å²) < 4.78 is 18.0. The van der Waals surface area contributed by atoms with Crippen LogP contribution in [-0.2, 0) is 0 Å². The van der Waals surface area contributed by atoms with E-state index in [-0.39, 0.29) is 23.0 Å². The summed E-state index contributed by atoms with van der Waals surface area (Å²) in [5, 5.41) is 23.2. The van der Waals surface area contributed by atoms with Crippen molar-refractivity contribution in [2.75, 3.05) is 5.75 Å². The lowest BCUT2D eigenvalue weighted by Crippen LogP contribution is -2.41. The van der Waals surface area contributed by atoms with Crippen molar-refractivity contribution in [1.82, 2.24) is 0 Å². The van der Waals surface area contributed by atoms with Crippen molar-refractivity contribution < 1.29 is 29.2 Å². The fourth-order valence-corrected chi connectivity index (χ4v) is 5.75. The minimum atomic E-state index is -1.65. The molecule has 34 heavy (non-hydrogen) atoms. The molecule has 0 bridgehead atoms. The van der Waals surface area contributed by atoms with E-state index in [2.05, 4.69) is 0 Å². The molecule has 0 fully saturated rings. The maximum absolute atomic E-state index is 13.2. The number of rotatable bonds is 8. The summed E-state index contributed by atoms with van der Waals surface area (Å²) in [7, 11) is 0. The molecule has 1 aromatic heterocycles. The SMILES string of the molecule is O=C(c1ccc(OC2(Oc3cccs3)C=CSC2)cc1)c1ccccc1OC1(O)CC=C(O)S1. The number of thioether (sulfide) groups is 2. The Bertz CT molecular complexity index is 1240. The molecule has 2 aliphatic rings. The topological polar surface area (TPSA) is 85.2 Å². The molecule has 9 heteroatoms. The molecule has 0 saturated heterocycles. The predicted octanol–water partition coefficient (Wildman–Crippen LogP) is 5.95. The van der Waals surface area contributed by atoms with Crippen LogP contribution >= 0.6 is 34.9 Å². The fourth-order valence-electron chi connectivity index (χ4n) is 3.47. The molecule has 174 valence electrons. The van der Waals surface area contributed by atoms with E-state index in [0.717, 1.165) is 16.8 Å². The summed E-state index contributed by atoms with van der Waals surface area (Å²) in [6.45, 7) is 0. The Kier molecular flexibility index (Phi) is 6.35. The summed E-state index contributed by atoms with van der Waals surface area (Å²) in [5.41, 5.74) is 0.754. The van der Waals surface area contributed by atoms with E-state index in [1.165, 1.54) is 17.4 Å². The molecule has 0 spiro atoms. The van der Waals surface area contributed by atoms with Crippen LogP contribution < -0.4 is 14.2 Å². The summed E-state index contributed by atoms with van der Waals surface area (Å²) in [6, 6.07) is 17.4. The number of carbonyl (C=O) groups excluding carboxylic acids is 1. The molecule has 0 radical (unpaired) electrons. The van der Waals surface area contributed by atoms with Gasteiger partial charge in [-0.05, 0) is 77.2 Å². The number of carbonyl (C=O) groups is 1. The largest absolute Gasteiger partial charge is 0.502 e. The first-order valence-electron chi connectivity index (χ1n) is 10.4. The molecule has 2 atom stereocenters. The number of ether oxygens (including phenoxy) is 3. The van der Waals surface area contributed by atoms with Crippen LogP contribution in [0.15, 0.2) is 88.7 Å². The lowest BCUT2D eigenvalue weighted by molar-refractivity contribution is -0.0474. The second kappa shape index (κ2) is 9.42. The van der Waals surface area contributed by atoms with E-state index in [0.29, 0.717) is 22.6 Å². The number of hydrogen-bond donors (Lipinski definition) is 2. The number of aliphatic hydroxyl groups is 2. The van der Waals surface area contributed by atoms with Crippen molar-refractivity contribution in [3.63, 3.8) is 0 Å². The van der Waals surface area contributed by atoms with Crippen molar-refractivity contribution in [2.24, 2.45) is 0 Å². The van der Waals surface area contributed by atoms with Gasteiger partial charge in [-0.1, -0.05) is 12.1 Å². The molecule has 3 aromatic rings. The number of hydrogen-bond acceptors (Lipinski definition) is 9. The fraction of sp³-hybridized carbons (Fsp3) is 0.160. The zero-order valence-electron chi connectivity index (χ0n) is 17.7. The van der Waals surface area contributed by atoms with Crippen LogP contribution in [0.5, 0.6) is 16.6 Å². The van der Waals surface area contributed by atoms with Gasteiger partial charge in [0, 0.05) is 18.1 Å². The highest BCUT2D eigenvalue weighted by molar-refractivity contribution is 8.04. The van der Waals surface area contributed by atoms with E-state index < -0.39 is 10.9 Å². The maximum atomic E-state index is 13.2. The molecular formula is C25H20O6S3. The minimum absolute atomic E-state index is 0.0155. The third kappa shape index (κ3) is 4.97. The zero-order chi connectivity index (χ0) is 23.6. The Balaban J connectivity index is 1.32. The highest BCUT2D eigenvalue weighted by Crippen LogP contribution is 2.41. The van der Waals surface area contributed by atoms with Gasteiger partial charge in [0.1, 0.15) is 11.5 Å². The molecule has 0 saturated carbocycles. The van der Waals surface area contributed by atoms with Gasteiger partial charge in [0.2, 0.25) is 0 Å². The Morgan fingerprint density at radius 2 is 1.79 bits per heavy atom. The Hall–Kier alpha value is -2.85. The normalized spacial score (nSPS) is 23.5. The van der Waals surface area contributed by atoms with Crippen LogP contribution in [0.2, 0.25) is 0 Å². The van der Waals surface area contributed by atoms with Gasteiger partial charge in [0.15, 0.2) is 15.9 Å². The molecule has 2 aromatic carbocycles. The van der Waals surface area contributed by atoms with Gasteiger partial charge in [-0.3, -0.25) is 4.79 Å². The summed E-state index contributed by atoms with van der Waals surface area (Å²) >= 11 is 3.90. The number of thiophene rings is 1. The first-order chi connectivity index (χ1) is 16.4. The van der Waals surface area contributed by atoms with Crippen molar-refractivity contribution in [1.29, 1.82) is 0 Å². The molecule has 2 unspecified atom stereocenters. The number of para-hydroxylation sites is 1. The van der Waals surface area contributed by atoms with Gasteiger partial charge < -0.3 is 24.4 Å². The third-order valence-electron chi connectivity index (χ3n) is 5.08. The quantitative estimate of drug-likeness (QED) is 0.283. The lowest BCUT2D eigenvalue weighted by atomic mass is 10.0. The summed E-state index contributed by atoms with van der Waals surface area (Å²) in [6.07, 6.45) is 3.48. The Morgan fingerprint density at radius 1 is 0.971 bits per heavy atom. The van der Waals surface area contributed by atoms with E-state index >= 15 is 0 Å². The second-order valence-electron chi connectivity index (χ2n) is 7.57. The van der Waals surface area contributed by atoms with Crippen molar-refractivity contribution in [3.05, 3.63) is 99.8 Å². The smallest absolute Gasteiger partial charge is 0.282 e. The van der Waals surface area contributed by atoms with Crippen molar-refractivity contribution >= 4 is 40.6 Å². The standard InChI is InChI=1S/C25H20O6S3/c26-21-11-12-25(28,34-21)30-20-5-2-1-4-19(20)23(27)17-7-9-18(10-8-17)29-24(13-15-32-16-24)31-22-6-3-14-33-22/h1-11,13-15,26,28H,12,16H2. The molecule has 6 nitrogen and oxygen atoms in total. The third-order valence-corrected chi connectivity index (χ3v) is 7.67. The minimum Gasteiger partial charge on any atom is -0.502 e. The van der Waals surface area contributed by atoms with Gasteiger partial charge in [0.05, 0.1) is 11.3 Å². The van der Waals surface area contributed by atoms with E-state index in [1.54, 1.807) is 60.3 Å². The van der Waals surface area contributed by atoms with Crippen molar-refractivity contribution in [2.45, 2.75) is 17.3 Å². The Morgan fingerprint density at radius 3 is 2.47 bits per heavy atom. The highest BCUT2D eigenvalue weighted by atomic mass is 32.2. The van der Waals surface area contributed by atoms with Crippen LogP contribution in [-0.4, -0.2) is 32.7 Å². The van der Waals surface area contributed by atoms with Crippen LogP contribution in [0.3, 0.4) is 0 Å². The van der Waals surface area contributed by atoms with Crippen molar-refractivity contribution in [3.8, 4) is 16.6 Å². The number of aliphatic hydroxyl groups excluding tert-OH is 1. The molecular weight excluding hydrogens is 492 g/mol. The lowest BCUT2D eigenvalue weighted by Gasteiger charge is -2.28. The molecule has 3 heterocycles. The Labute approximate surface area is 208 Å².